The first-order valence-corrected chi connectivity index (χ1v) is 7.50. The Bertz CT molecular complexity index is 454. The SMILES string of the molecule is CC(Nc1nc(NN)nc(N2CCCC2)n1)C1CCC1. The number of nitrogens with one attached hydrogen (secondary N) is 2. The maximum atomic E-state index is 5.47. The third-order valence-corrected chi connectivity index (χ3v) is 4.36. The van der Waals surface area contributed by atoms with Gasteiger partial charge in [0, 0.05) is 19.1 Å². The van der Waals surface area contributed by atoms with Crippen molar-refractivity contribution in [1.82, 2.24) is 15.0 Å². The first kappa shape index (κ1) is 13.4. The quantitative estimate of drug-likeness (QED) is 0.553. The van der Waals surface area contributed by atoms with Crippen molar-refractivity contribution < 1.29 is 0 Å². The highest BCUT2D eigenvalue weighted by Gasteiger charge is 2.25. The van der Waals surface area contributed by atoms with Crippen molar-refractivity contribution >= 4 is 17.8 Å². The first-order chi connectivity index (χ1) is 9.76. The van der Waals surface area contributed by atoms with Gasteiger partial charge in [-0.3, -0.25) is 5.43 Å². The van der Waals surface area contributed by atoms with Gasteiger partial charge in [0.15, 0.2) is 0 Å². The molecular formula is C13H23N7. The molecule has 1 unspecified atom stereocenters. The molecular weight excluding hydrogens is 254 g/mol. The fourth-order valence-corrected chi connectivity index (χ4v) is 2.81. The van der Waals surface area contributed by atoms with Crippen molar-refractivity contribution in [2.24, 2.45) is 11.8 Å². The highest BCUT2D eigenvalue weighted by Crippen LogP contribution is 2.30. The molecule has 1 saturated carbocycles. The summed E-state index contributed by atoms with van der Waals surface area (Å²) in [6, 6.07) is 0.392. The van der Waals surface area contributed by atoms with E-state index in [9.17, 15) is 0 Å². The molecule has 0 spiro atoms. The summed E-state index contributed by atoms with van der Waals surface area (Å²) in [5.74, 6) is 7.96. The van der Waals surface area contributed by atoms with E-state index in [0.717, 1.165) is 19.0 Å². The lowest BCUT2D eigenvalue weighted by Gasteiger charge is -2.32. The number of aromatic nitrogens is 3. The van der Waals surface area contributed by atoms with Crippen LogP contribution in [0.1, 0.15) is 39.0 Å². The van der Waals surface area contributed by atoms with Crippen molar-refractivity contribution in [1.29, 1.82) is 0 Å². The number of rotatable bonds is 5. The molecule has 1 atom stereocenters. The maximum absolute atomic E-state index is 5.47. The van der Waals surface area contributed by atoms with Crippen molar-refractivity contribution in [2.45, 2.75) is 45.1 Å². The molecule has 1 aromatic heterocycles. The lowest BCUT2D eigenvalue weighted by Crippen LogP contribution is -2.32. The van der Waals surface area contributed by atoms with Crippen LogP contribution < -0.4 is 21.5 Å². The minimum Gasteiger partial charge on any atom is -0.351 e. The van der Waals surface area contributed by atoms with E-state index in [1.54, 1.807) is 0 Å². The summed E-state index contributed by atoms with van der Waals surface area (Å²) < 4.78 is 0. The highest BCUT2D eigenvalue weighted by molar-refractivity contribution is 5.44. The van der Waals surface area contributed by atoms with E-state index in [1.165, 1.54) is 32.1 Å². The van der Waals surface area contributed by atoms with Crippen LogP contribution in [0.2, 0.25) is 0 Å². The maximum Gasteiger partial charge on any atom is 0.243 e. The Morgan fingerprint density at radius 1 is 1.10 bits per heavy atom. The van der Waals surface area contributed by atoms with Crippen LogP contribution in [0, 0.1) is 5.92 Å². The number of nitrogen functional groups attached to an aromatic ring is 1. The van der Waals surface area contributed by atoms with Crippen molar-refractivity contribution in [3.8, 4) is 0 Å². The van der Waals surface area contributed by atoms with Crippen LogP contribution in [0.4, 0.5) is 17.8 Å². The molecule has 1 aromatic rings. The fraction of sp³-hybridized carbons (Fsp3) is 0.769. The van der Waals surface area contributed by atoms with Crippen LogP contribution >= 0.6 is 0 Å². The molecule has 0 radical (unpaired) electrons. The molecule has 0 bridgehead atoms. The molecule has 7 heteroatoms. The molecule has 1 aliphatic carbocycles. The number of hydrogen-bond acceptors (Lipinski definition) is 7. The van der Waals surface area contributed by atoms with Crippen LogP contribution in [-0.4, -0.2) is 34.1 Å². The Balaban J connectivity index is 1.76. The summed E-state index contributed by atoms with van der Waals surface area (Å²) in [5, 5.41) is 3.40. The van der Waals surface area contributed by atoms with E-state index >= 15 is 0 Å². The van der Waals surface area contributed by atoms with Crippen LogP contribution in [0.5, 0.6) is 0 Å². The number of nitrogens with two attached hydrogens (primary N) is 1. The Morgan fingerprint density at radius 2 is 1.80 bits per heavy atom. The number of anilines is 3. The Kier molecular flexibility index (Phi) is 3.86. The topological polar surface area (TPSA) is 92.0 Å². The molecule has 1 saturated heterocycles. The van der Waals surface area contributed by atoms with Crippen LogP contribution in [0.25, 0.3) is 0 Å². The van der Waals surface area contributed by atoms with Gasteiger partial charge in [0.05, 0.1) is 0 Å². The molecule has 20 heavy (non-hydrogen) atoms. The van der Waals surface area contributed by atoms with Gasteiger partial charge in [0.25, 0.3) is 0 Å². The Hall–Kier alpha value is -1.63. The summed E-state index contributed by atoms with van der Waals surface area (Å²) in [7, 11) is 0. The van der Waals surface area contributed by atoms with Gasteiger partial charge < -0.3 is 10.2 Å². The lowest BCUT2D eigenvalue weighted by atomic mass is 9.80. The second-order valence-electron chi connectivity index (χ2n) is 5.75. The predicted molar refractivity (Wildman–Crippen MR) is 79.5 cm³/mol. The van der Waals surface area contributed by atoms with Crippen LogP contribution in [0.15, 0.2) is 0 Å². The van der Waals surface area contributed by atoms with Crippen molar-refractivity contribution in [2.75, 3.05) is 28.7 Å². The van der Waals surface area contributed by atoms with Gasteiger partial charge in [-0.1, -0.05) is 6.42 Å². The van der Waals surface area contributed by atoms with E-state index in [1.807, 2.05) is 0 Å². The molecule has 2 fully saturated rings. The Morgan fingerprint density at radius 3 is 2.40 bits per heavy atom. The molecule has 4 N–H and O–H groups in total. The van der Waals surface area contributed by atoms with E-state index < -0.39 is 0 Å². The van der Waals surface area contributed by atoms with Gasteiger partial charge in [-0.2, -0.15) is 15.0 Å². The third kappa shape index (κ3) is 2.77. The van der Waals surface area contributed by atoms with Crippen LogP contribution in [0.3, 0.4) is 0 Å². The molecule has 2 aliphatic rings. The number of hydrogen-bond donors (Lipinski definition) is 3. The van der Waals surface area contributed by atoms with Crippen LogP contribution in [-0.2, 0) is 0 Å². The lowest BCUT2D eigenvalue weighted by molar-refractivity contribution is 0.284. The van der Waals surface area contributed by atoms with Gasteiger partial charge in [-0.25, -0.2) is 5.84 Å². The molecule has 0 aromatic carbocycles. The number of hydrazine groups is 1. The second-order valence-corrected chi connectivity index (χ2v) is 5.75. The second kappa shape index (κ2) is 5.78. The molecule has 7 nitrogen and oxygen atoms in total. The molecule has 3 rings (SSSR count). The van der Waals surface area contributed by atoms with Gasteiger partial charge in [0.1, 0.15) is 0 Å². The third-order valence-electron chi connectivity index (χ3n) is 4.36. The zero-order valence-electron chi connectivity index (χ0n) is 12.0. The molecule has 110 valence electrons. The van der Waals surface area contributed by atoms with E-state index in [0.29, 0.717) is 23.9 Å². The van der Waals surface area contributed by atoms with E-state index in [4.69, 9.17) is 5.84 Å². The normalized spacial score (nSPS) is 20.6. The highest BCUT2D eigenvalue weighted by atomic mass is 15.4. The van der Waals surface area contributed by atoms with Crippen molar-refractivity contribution in [3.63, 3.8) is 0 Å². The van der Waals surface area contributed by atoms with E-state index in [-0.39, 0.29) is 0 Å². The standard InChI is InChI=1S/C13H23N7/c1-9(10-5-4-6-10)15-11-16-12(19-14)18-13(17-11)20-7-2-3-8-20/h9-10H,2-8,14H2,1H3,(H2,15,16,17,18,19). The summed E-state index contributed by atoms with van der Waals surface area (Å²) in [6.45, 7) is 4.20. The minimum absolute atomic E-state index is 0.392. The average molecular weight is 277 g/mol. The van der Waals surface area contributed by atoms with Crippen molar-refractivity contribution in [3.05, 3.63) is 0 Å². The number of nitrogens with zero attached hydrogens (tertiary/aromatic N) is 4. The summed E-state index contributed by atoms with van der Waals surface area (Å²) in [5.41, 5.74) is 2.53. The zero-order chi connectivity index (χ0) is 13.9. The Labute approximate surface area is 119 Å². The monoisotopic (exact) mass is 277 g/mol. The molecule has 1 aliphatic heterocycles. The first-order valence-electron chi connectivity index (χ1n) is 7.50. The zero-order valence-corrected chi connectivity index (χ0v) is 12.0. The minimum atomic E-state index is 0.392. The van der Waals surface area contributed by atoms with Gasteiger partial charge in [-0.05, 0) is 38.5 Å². The molecule has 2 heterocycles. The summed E-state index contributed by atoms with van der Waals surface area (Å²) in [6.07, 6.45) is 6.31. The summed E-state index contributed by atoms with van der Waals surface area (Å²) in [4.78, 5) is 15.4. The largest absolute Gasteiger partial charge is 0.351 e. The van der Waals surface area contributed by atoms with Gasteiger partial charge in [0.2, 0.25) is 17.8 Å². The summed E-state index contributed by atoms with van der Waals surface area (Å²) >= 11 is 0. The molecule has 0 amide bonds. The average Bonchev–Trinajstić information content (AvgIpc) is 2.89. The van der Waals surface area contributed by atoms with Gasteiger partial charge >= 0.3 is 0 Å². The fourth-order valence-electron chi connectivity index (χ4n) is 2.81. The van der Waals surface area contributed by atoms with E-state index in [2.05, 4.69) is 37.5 Å². The predicted octanol–water partition coefficient (Wildman–Crippen LogP) is 1.36. The smallest absolute Gasteiger partial charge is 0.243 e. The van der Waals surface area contributed by atoms with Gasteiger partial charge in [-0.15, -0.1) is 0 Å².